The van der Waals surface area contributed by atoms with Gasteiger partial charge in [0.25, 0.3) is 0 Å². The van der Waals surface area contributed by atoms with E-state index in [1.165, 1.54) is 80.8 Å². The number of rotatable bonds is 3. The van der Waals surface area contributed by atoms with E-state index in [0.717, 1.165) is 38.5 Å². The first kappa shape index (κ1) is 29.4. The van der Waals surface area contributed by atoms with Gasteiger partial charge in [-0.3, -0.25) is 0 Å². The minimum Gasteiger partial charge on any atom is -0.309 e. The molecule has 55 heavy (non-hydrogen) atoms. The lowest BCUT2D eigenvalue weighted by Crippen LogP contribution is -1.96. The third kappa shape index (κ3) is 3.94. The fraction of sp³-hybridized carbons (Fsp3) is 0. The van der Waals surface area contributed by atoms with E-state index in [1.807, 2.05) is 18.2 Å². The second-order valence-corrected chi connectivity index (χ2v) is 15.6. The zero-order valence-corrected chi connectivity index (χ0v) is 30.2. The number of benzene rings is 8. The van der Waals surface area contributed by atoms with Crippen molar-refractivity contribution in [2.75, 3.05) is 0 Å². The highest BCUT2D eigenvalue weighted by Gasteiger charge is 2.24. The van der Waals surface area contributed by atoms with Crippen molar-refractivity contribution in [1.29, 1.82) is 0 Å². The molecule has 0 aliphatic carbocycles. The number of fused-ring (bicyclic) bond motifs is 14. The topological polar surface area (TPSA) is 35.1 Å². The maximum atomic E-state index is 5.25. The number of hydrogen-bond acceptors (Lipinski definition) is 3. The summed E-state index contributed by atoms with van der Waals surface area (Å²) in [7, 11) is 0. The molecule has 5 aromatic heterocycles. The first-order chi connectivity index (χ1) is 27.3. The third-order valence-corrected chi connectivity index (χ3v) is 12.8. The van der Waals surface area contributed by atoms with Gasteiger partial charge in [0.2, 0.25) is 0 Å². The van der Waals surface area contributed by atoms with Crippen LogP contribution in [0.2, 0.25) is 0 Å². The van der Waals surface area contributed by atoms with Crippen LogP contribution in [0.25, 0.3) is 119 Å². The van der Waals surface area contributed by atoms with E-state index < -0.39 is 0 Å². The minimum absolute atomic E-state index is 0.743. The maximum absolute atomic E-state index is 5.25. The molecule has 0 radical (unpaired) electrons. The number of hydrogen-bond donors (Lipinski definition) is 0. The molecule has 0 spiro atoms. The van der Waals surface area contributed by atoms with Crippen LogP contribution in [0.4, 0.5) is 0 Å². The highest BCUT2D eigenvalue weighted by atomic mass is 32.1. The van der Waals surface area contributed by atoms with Crippen molar-refractivity contribution in [3.8, 4) is 28.3 Å². The Hall–Kier alpha value is -7.08. The number of para-hydroxylation sites is 2. The van der Waals surface area contributed by atoms with Gasteiger partial charge in [0.15, 0.2) is 5.82 Å². The molecule has 0 saturated carbocycles. The van der Waals surface area contributed by atoms with Crippen molar-refractivity contribution in [3.63, 3.8) is 0 Å². The van der Waals surface area contributed by atoms with Gasteiger partial charge in [0.1, 0.15) is 0 Å². The van der Waals surface area contributed by atoms with Crippen LogP contribution in [0.1, 0.15) is 0 Å². The zero-order chi connectivity index (χ0) is 35.8. The lowest BCUT2D eigenvalue weighted by molar-refractivity contribution is 1.18. The molecule has 0 bridgehead atoms. The van der Waals surface area contributed by atoms with Gasteiger partial charge in [-0.2, -0.15) is 0 Å². The Bertz CT molecular complexity index is 3700. The summed E-state index contributed by atoms with van der Waals surface area (Å²) in [5, 5.41) is 11.4. The van der Waals surface area contributed by atoms with E-state index in [-0.39, 0.29) is 0 Å². The summed E-state index contributed by atoms with van der Waals surface area (Å²) in [5.41, 5.74) is 11.4. The summed E-state index contributed by atoms with van der Waals surface area (Å²) < 4.78 is 7.29. The number of nitrogens with zero attached hydrogens (tertiary/aromatic N) is 4. The van der Waals surface area contributed by atoms with E-state index in [9.17, 15) is 0 Å². The summed E-state index contributed by atoms with van der Waals surface area (Å²) in [4.78, 5) is 10.4. The van der Waals surface area contributed by atoms with Crippen LogP contribution in [-0.2, 0) is 0 Å². The van der Waals surface area contributed by atoms with Gasteiger partial charge >= 0.3 is 0 Å². The quantitative estimate of drug-likeness (QED) is 0.182. The van der Waals surface area contributed by atoms with E-state index >= 15 is 0 Å². The van der Waals surface area contributed by atoms with Gasteiger partial charge in [-0.25, -0.2) is 9.97 Å². The summed E-state index contributed by atoms with van der Waals surface area (Å²) in [6.45, 7) is 0. The summed E-state index contributed by atoms with van der Waals surface area (Å²) >= 11 is 1.77. The molecule has 0 aliphatic heterocycles. The molecule has 0 unspecified atom stereocenters. The van der Waals surface area contributed by atoms with Gasteiger partial charge in [-0.15, -0.1) is 11.3 Å². The highest BCUT2D eigenvalue weighted by molar-refractivity contribution is 7.26. The minimum atomic E-state index is 0.743. The molecule has 5 heteroatoms. The molecule has 0 aliphatic rings. The Morgan fingerprint density at radius 3 is 1.93 bits per heavy atom. The molecule has 0 atom stereocenters. The smallest absolute Gasteiger partial charge is 0.160 e. The Kier molecular flexibility index (Phi) is 5.74. The van der Waals surface area contributed by atoms with Crippen LogP contribution in [-0.4, -0.2) is 18.9 Å². The molecule has 0 amide bonds. The number of aromatic nitrogens is 4. The lowest BCUT2D eigenvalue weighted by Gasteiger charge is -2.11. The lowest BCUT2D eigenvalue weighted by atomic mass is 10.0. The molecule has 0 saturated heterocycles. The van der Waals surface area contributed by atoms with Gasteiger partial charge in [-0.1, -0.05) is 121 Å². The predicted molar refractivity (Wildman–Crippen MR) is 232 cm³/mol. The second kappa shape index (κ2) is 10.8. The van der Waals surface area contributed by atoms with Crippen molar-refractivity contribution in [3.05, 3.63) is 170 Å². The Morgan fingerprint density at radius 1 is 0.436 bits per heavy atom. The number of thiophene rings is 1. The molecule has 254 valence electrons. The van der Waals surface area contributed by atoms with E-state index in [0.29, 0.717) is 0 Å². The van der Waals surface area contributed by atoms with Crippen molar-refractivity contribution < 1.29 is 0 Å². The molecule has 13 rings (SSSR count). The van der Waals surface area contributed by atoms with Crippen LogP contribution >= 0.6 is 11.3 Å². The van der Waals surface area contributed by atoms with Gasteiger partial charge in [-0.05, 0) is 59.3 Å². The average Bonchev–Trinajstić information content (AvgIpc) is 3.98. The zero-order valence-electron chi connectivity index (χ0n) is 29.4. The van der Waals surface area contributed by atoms with E-state index in [1.54, 1.807) is 11.3 Å². The molecule has 0 N–H and O–H groups in total. The third-order valence-electron chi connectivity index (χ3n) is 11.6. The molecule has 8 aromatic carbocycles. The van der Waals surface area contributed by atoms with Crippen LogP contribution in [0, 0.1) is 0 Å². The predicted octanol–water partition coefficient (Wildman–Crippen LogP) is 13.6. The first-order valence-corrected chi connectivity index (χ1v) is 19.5. The van der Waals surface area contributed by atoms with Crippen LogP contribution < -0.4 is 0 Å². The molecular weight excluding hydrogens is 689 g/mol. The van der Waals surface area contributed by atoms with E-state index in [2.05, 4.69) is 161 Å². The first-order valence-electron chi connectivity index (χ1n) is 18.7. The monoisotopic (exact) mass is 716 g/mol. The van der Waals surface area contributed by atoms with Gasteiger partial charge < -0.3 is 8.97 Å². The van der Waals surface area contributed by atoms with Crippen molar-refractivity contribution in [2.24, 2.45) is 0 Å². The summed E-state index contributed by atoms with van der Waals surface area (Å²) in [5.74, 6) is 0.743. The fourth-order valence-corrected chi connectivity index (χ4v) is 10.4. The molecular formula is C50H28N4S. The SMILES string of the molecule is c1ccc(-c2nc(-c3ccc(-n4c5ccccc5c5c6c7ccccc7n7c8cc9ccccc9cc8c(cc54)c67)cc3)c3sc4ccccc4c3n2)cc1. The molecule has 0 fully saturated rings. The highest BCUT2D eigenvalue weighted by Crippen LogP contribution is 2.47. The molecule has 4 nitrogen and oxygen atoms in total. The molecule has 13 aromatic rings. The van der Waals surface area contributed by atoms with E-state index in [4.69, 9.17) is 9.97 Å². The summed E-state index contributed by atoms with van der Waals surface area (Å²) in [6, 6.07) is 61.6. The van der Waals surface area contributed by atoms with Crippen LogP contribution in [0.15, 0.2) is 170 Å². The Labute approximate surface area is 318 Å². The van der Waals surface area contributed by atoms with Crippen molar-refractivity contribution in [2.45, 2.75) is 0 Å². The van der Waals surface area contributed by atoms with Crippen molar-refractivity contribution in [1.82, 2.24) is 18.9 Å². The van der Waals surface area contributed by atoms with Crippen molar-refractivity contribution >= 4 is 102 Å². The van der Waals surface area contributed by atoms with Gasteiger partial charge in [0.05, 0.1) is 43.5 Å². The van der Waals surface area contributed by atoms with Gasteiger partial charge in [0, 0.05) is 59.2 Å². The summed E-state index contributed by atoms with van der Waals surface area (Å²) in [6.07, 6.45) is 0. The average molecular weight is 717 g/mol. The maximum Gasteiger partial charge on any atom is 0.160 e. The van der Waals surface area contributed by atoms with Crippen LogP contribution in [0.3, 0.4) is 0 Å². The fourth-order valence-electron chi connectivity index (χ4n) is 9.25. The standard InChI is InChI=1S/C50H28N4S/c1-2-12-30(13-3-1)50-51-46(49-47(52-50)36-18-8-11-21-43(36)55-49)29-22-24-33(25-23-29)53-39-19-9-6-16-34(39)44-42(53)28-38-37-26-31-14-4-5-15-32(31)27-41(37)54-40-20-10-7-17-35(40)45(44)48(38)54/h1-28H. The Morgan fingerprint density at radius 2 is 1.11 bits per heavy atom. The largest absolute Gasteiger partial charge is 0.309 e. The molecule has 5 heterocycles. The van der Waals surface area contributed by atoms with Crippen LogP contribution in [0.5, 0.6) is 0 Å². The normalized spacial score (nSPS) is 12.4. The Balaban J connectivity index is 1.09. The second-order valence-electron chi connectivity index (χ2n) is 14.5.